The third-order valence-electron chi connectivity index (χ3n) is 4.07. The second-order valence-electron chi connectivity index (χ2n) is 6.13. The Morgan fingerprint density at radius 3 is 2.91 bits per heavy atom. The molecule has 0 bridgehead atoms. The largest absolute Gasteiger partial charge is 0.447 e. The van der Waals surface area contributed by atoms with Crippen molar-refractivity contribution in [2.24, 2.45) is 5.29 Å². The number of rotatable bonds is 6. The Kier molecular flexibility index (Phi) is 4.29. The summed E-state index contributed by atoms with van der Waals surface area (Å²) in [7, 11) is 4.04. The van der Waals surface area contributed by atoms with E-state index in [1.165, 1.54) is 4.68 Å². The fraction of sp³-hybridized carbons (Fsp3) is 0.438. The van der Waals surface area contributed by atoms with Gasteiger partial charge < -0.3 is 15.0 Å². The van der Waals surface area contributed by atoms with Gasteiger partial charge in [0.2, 0.25) is 0 Å². The highest BCUT2D eigenvalue weighted by molar-refractivity contribution is 5.84. The second kappa shape index (κ2) is 6.37. The molecule has 0 aliphatic carbocycles. The Morgan fingerprint density at radius 2 is 2.26 bits per heavy atom. The number of benzene rings is 1. The van der Waals surface area contributed by atoms with E-state index in [0.717, 1.165) is 35.0 Å². The van der Waals surface area contributed by atoms with Crippen LogP contribution in [-0.2, 0) is 17.6 Å². The Bertz CT molecular complexity index is 738. The molecular weight excluding hydrogens is 296 g/mol. The van der Waals surface area contributed by atoms with Crippen molar-refractivity contribution in [1.82, 2.24) is 14.9 Å². The van der Waals surface area contributed by atoms with Crippen molar-refractivity contribution in [1.29, 1.82) is 0 Å². The number of nitrogens with zero attached hydrogens (tertiary/aromatic N) is 3. The molecule has 0 unspecified atom stereocenters. The summed E-state index contributed by atoms with van der Waals surface area (Å²) in [6.07, 6.45) is 2.98. The summed E-state index contributed by atoms with van der Waals surface area (Å²) in [5.41, 5.74) is 3.01. The summed E-state index contributed by atoms with van der Waals surface area (Å²) >= 11 is 0. The number of aromatic nitrogens is 1. The van der Waals surface area contributed by atoms with E-state index in [-0.39, 0.29) is 12.1 Å². The van der Waals surface area contributed by atoms with Gasteiger partial charge in [0.1, 0.15) is 6.61 Å². The Balaban J connectivity index is 1.88. The SMILES string of the molecule is CN(C)CCc1cn(N=O)c2ccc(C[C@H]3COC(=O)N3)cc12. The fourth-order valence-corrected chi connectivity index (χ4v) is 2.89. The van der Waals surface area contributed by atoms with Gasteiger partial charge in [0.15, 0.2) is 0 Å². The van der Waals surface area contributed by atoms with Crippen LogP contribution in [0.3, 0.4) is 0 Å². The second-order valence-corrected chi connectivity index (χ2v) is 6.13. The van der Waals surface area contributed by atoms with Crippen LogP contribution in [0.1, 0.15) is 11.1 Å². The van der Waals surface area contributed by atoms with Gasteiger partial charge in [0.05, 0.1) is 16.8 Å². The highest BCUT2D eigenvalue weighted by atomic mass is 16.6. The maximum Gasteiger partial charge on any atom is 0.407 e. The molecule has 1 aliphatic rings. The molecular formula is C16H20N4O3. The van der Waals surface area contributed by atoms with Gasteiger partial charge in [-0.1, -0.05) is 6.07 Å². The molecule has 2 heterocycles. The van der Waals surface area contributed by atoms with Crippen LogP contribution < -0.4 is 5.32 Å². The van der Waals surface area contributed by atoms with E-state index < -0.39 is 0 Å². The van der Waals surface area contributed by atoms with Crippen LogP contribution in [0.5, 0.6) is 0 Å². The number of alkyl carbamates (subject to hydrolysis) is 1. The first-order chi connectivity index (χ1) is 11.1. The molecule has 2 aromatic rings. The molecule has 1 N–H and O–H groups in total. The van der Waals surface area contributed by atoms with E-state index in [1.807, 2.05) is 26.2 Å². The third kappa shape index (κ3) is 3.34. The minimum Gasteiger partial charge on any atom is -0.447 e. The molecule has 122 valence electrons. The number of hydrogen-bond donors (Lipinski definition) is 1. The van der Waals surface area contributed by atoms with Gasteiger partial charge >= 0.3 is 6.09 Å². The summed E-state index contributed by atoms with van der Waals surface area (Å²) in [4.78, 5) is 24.2. The average Bonchev–Trinajstić information content (AvgIpc) is 3.08. The van der Waals surface area contributed by atoms with Crippen LogP contribution in [0, 0.1) is 4.91 Å². The molecule has 1 saturated heterocycles. The van der Waals surface area contributed by atoms with Gasteiger partial charge in [-0.2, -0.15) is 0 Å². The van der Waals surface area contributed by atoms with Crippen LogP contribution in [0.15, 0.2) is 29.7 Å². The summed E-state index contributed by atoms with van der Waals surface area (Å²) < 4.78 is 6.30. The van der Waals surface area contributed by atoms with Crippen LogP contribution in [0.25, 0.3) is 10.9 Å². The minimum absolute atomic E-state index is 0.00328. The fourth-order valence-electron chi connectivity index (χ4n) is 2.89. The lowest BCUT2D eigenvalue weighted by Crippen LogP contribution is -2.28. The number of hydrogen-bond acceptors (Lipinski definition) is 5. The van der Waals surface area contributed by atoms with E-state index in [4.69, 9.17) is 4.74 Å². The zero-order valence-corrected chi connectivity index (χ0v) is 13.3. The molecule has 1 amide bonds. The molecule has 1 aliphatic heterocycles. The van der Waals surface area contributed by atoms with E-state index in [1.54, 1.807) is 6.20 Å². The highest BCUT2D eigenvalue weighted by Gasteiger charge is 2.22. The smallest absolute Gasteiger partial charge is 0.407 e. The number of carbonyl (C=O) groups is 1. The van der Waals surface area contributed by atoms with Crippen LogP contribution in [-0.4, -0.2) is 49.0 Å². The highest BCUT2D eigenvalue weighted by Crippen LogP contribution is 2.24. The molecule has 0 spiro atoms. The predicted octanol–water partition coefficient (Wildman–Crippen LogP) is 1.93. The van der Waals surface area contributed by atoms with Gasteiger partial charge in [0.25, 0.3) is 0 Å². The van der Waals surface area contributed by atoms with Crippen molar-refractivity contribution in [2.75, 3.05) is 27.2 Å². The summed E-state index contributed by atoms with van der Waals surface area (Å²) in [5.74, 6) is 0. The van der Waals surface area contributed by atoms with E-state index in [2.05, 4.69) is 21.6 Å². The monoisotopic (exact) mass is 316 g/mol. The number of nitroso groups, excluding NO2 is 1. The Labute approximate surface area is 134 Å². The number of amides is 1. The predicted molar refractivity (Wildman–Crippen MR) is 87.4 cm³/mol. The van der Waals surface area contributed by atoms with Crippen molar-refractivity contribution >= 4 is 17.0 Å². The zero-order chi connectivity index (χ0) is 16.4. The lowest BCUT2D eigenvalue weighted by atomic mass is 10.0. The molecule has 7 heteroatoms. The normalized spacial score (nSPS) is 17.5. The lowest BCUT2D eigenvalue weighted by molar-refractivity contribution is 0.177. The van der Waals surface area contributed by atoms with Crippen LogP contribution in [0.4, 0.5) is 4.79 Å². The number of likely N-dealkylation sites (N-methyl/N-ethyl adjacent to an activating group) is 1. The van der Waals surface area contributed by atoms with Gasteiger partial charge in [-0.05, 0) is 50.2 Å². The number of carbonyl (C=O) groups excluding carboxylic acids is 1. The summed E-state index contributed by atoms with van der Waals surface area (Å²) in [6.45, 7) is 1.29. The van der Waals surface area contributed by atoms with Gasteiger partial charge in [-0.15, -0.1) is 4.91 Å². The standard InChI is InChI=1S/C16H20N4O3/c1-19(2)6-5-12-9-20(18-22)15-4-3-11(8-14(12)15)7-13-10-23-16(21)17-13/h3-4,8-9,13H,5-7,10H2,1-2H3,(H,17,21)/t13-/m0/s1. The summed E-state index contributed by atoms with van der Waals surface area (Å²) in [6, 6.07) is 5.94. The molecule has 1 atom stereocenters. The van der Waals surface area contributed by atoms with Crippen LogP contribution in [0.2, 0.25) is 0 Å². The van der Waals surface area contributed by atoms with Gasteiger partial charge in [-0.3, -0.25) is 0 Å². The molecule has 1 aromatic carbocycles. The van der Waals surface area contributed by atoms with Gasteiger partial charge in [-0.25, -0.2) is 9.47 Å². The van der Waals surface area contributed by atoms with Crippen molar-refractivity contribution in [3.05, 3.63) is 40.4 Å². The van der Waals surface area contributed by atoms with Gasteiger partial charge in [0, 0.05) is 18.1 Å². The number of ether oxygens (including phenoxy) is 1. The Hall–Kier alpha value is -2.41. The number of fused-ring (bicyclic) bond motifs is 1. The van der Waals surface area contributed by atoms with Crippen molar-refractivity contribution < 1.29 is 9.53 Å². The topological polar surface area (TPSA) is 75.9 Å². The first-order valence-corrected chi connectivity index (χ1v) is 7.61. The maximum atomic E-state index is 11.1. The van der Waals surface area contributed by atoms with Crippen molar-refractivity contribution in [3.8, 4) is 0 Å². The first kappa shape index (κ1) is 15.5. The first-order valence-electron chi connectivity index (χ1n) is 7.61. The number of cyclic esters (lactones) is 1. The van der Waals surface area contributed by atoms with Crippen LogP contribution >= 0.6 is 0 Å². The van der Waals surface area contributed by atoms with E-state index in [9.17, 15) is 9.70 Å². The van der Waals surface area contributed by atoms with E-state index in [0.29, 0.717) is 13.0 Å². The van der Waals surface area contributed by atoms with Crippen molar-refractivity contribution in [3.63, 3.8) is 0 Å². The third-order valence-corrected chi connectivity index (χ3v) is 4.07. The van der Waals surface area contributed by atoms with E-state index >= 15 is 0 Å². The molecule has 1 aromatic heterocycles. The molecule has 1 fully saturated rings. The maximum absolute atomic E-state index is 11.1. The molecule has 0 saturated carbocycles. The quantitative estimate of drug-likeness (QED) is 0.826. The molecule has 0 radical (unpaired) electrons. The lowest BCUT2D eigenvalue weighted by Gasteiger charge is -2.09. The molecule has 3 rings (SSSR count). The zero-order valence-electron chi connectivity index (χ0n) is 13.3. The number of nitrogens with one attached hydrogen (secondary N) is 1. The summed E-state index contributed by atoms with van der Waals surface area (Å²) in [5, 5.41) is 6.88. The molecule has 7 nitrogen and oxygen atoms in total. The molecule has 23 heavy (non-hydrogen) atoms. The Morgan fingerprint density at radius 1 is 1.43 bits per heavy atom. The van der Waals surface area contributed by atoms with Crippen molar-refractivity contribution in [2.45, 2.75) is 18.9 Å². The average molecular weight is 316 g/mol. The minimum atomic E-state index is -0.362.